The van der Waals surface area contributed by atoms with E-state index in [0.717, 1.165) is 33.8 Å². The molecule has 0 radical (unpaired) electrons. The molecular formula is C80H56O2. The van der Waals surface area contributed by atoms with Crippen LogP contribution in [0.1, 0.15) is 52.7 Å². The molecule has 1 aliphatic rings. The Kier molecular flexibility index (Phi) is 8.85. The van der Waals surface area contributed by atoms with E-state index >= 15 is 0 Å². The van der Waals surface area contributed by atoms with Gasteiger partial charge in [-0.25, -0.2) is 0 Å². The van der Waals surface area contributed by atoms with Gasteiger partial charge in [-0.05, 0) is 214 Å². The Balaban J connectivity index is 1.02. The van der Waals surface area contributed by atoms with Crippen molar-refractivity contribution in [3.8, 4) is 67.1 Å². The van der Waals surface area contributed by atoms with Gasteiger partial charge in [0.1, 0.15) is 11.5 Å². The number of fused-ring (bicyclic) bond motifs is 16. The number of rotatable bonds is 5. The van der Waals surface area contributed by atoms with Gasteiger partial charge in [0.05, 0.1) is 14.2 Å². The standard InChI is InChI=1S/C80H56O2/c1-79(2,3)43-37-42(38-44(39-43)80(4,5)6)66-62-40-61-49-23-15-17-41-18-16-24-56(65(41)49)73(61)74-47-21-9-10-22-48(47)75(78(62)74)77-60-36-32-55-53-30-34-58-70-51(46-20-12-14-26-64(46)82-8)28-27-50(45-19-11-13-25-63(45)81-7)69(70)57-33-29-52(67(53)71(57)58)54-31-35-59(76(66)77)72(60)68(54)55/h9-40H,1-8H3. The molecule has 0 atom stereocenters. The molecule has 0 amide bonds. The summed E-state index contributed by atoms with van der Waals surface area (Å²) in [5, 5.41) is 32.0. The summed E-state index contributed by atoms with van der Waals surface area (Å²) in [5.74, 6) is 1.72. The number of benzene rings is 14. The molecule has 17 aromatic rings. The molecule has 0 N–H and O–H groups in total. The first-order valence-electron chi connectivity index (χ1n) is 29.1. The van der Waals surface area contributed by atoms with Gasteiger partial charge in [0.2, 0.25) is 0 Å². The molecule has 0 fully saturated rings. The molecule has 2 heteroatoms. The fourth-order valence-electron chi connectivity index (χ4n) is 15.9. The van der Waals surface area contributed by atoms with E-state index in [2.05, 4.69) is 236 Å². The maximum absolute atomic E-state index is 6.09. The van der Waals surface area contributed by atoms with E-state index in [4.69, 9.17) is 9.47 Å². The van der Waals surface area contributed by atoms with Crippen molar-refractivity contribution in [1.29, 1.82) is 0 Å². The van der Waals surface area contributed by atoms with Crippen LogP contribution in [0, 0.1) is 0 Å². The molecule has 0 aliphatic heterocycles. The van der Waals surface area contributed by atoms with Crippen LogP contribution in [0.5, 0.6) is 11.5 Å². The first kappa shape index (κ1) is 46.3. The lowest BCUT2D eigenvalue weighted by Crippen LogP contribution is -2.16. The fraction of sp³-hybridized carbons (Fsp3) is 0.125. The number of para-hydroxylation sites is 2. The minimum Gasteiger partial charge on any atom is -0.496 e. The molecular weight excluding hydrogens is 993 g/mol. The topological polar surface area (TPSA) is 18.5 Å². The smallest absolute Gasteiger partial charge is 0.126 e. The highest BCUT2D eigenvalue weighted by Gasteiger charge is 2.34. The summed E-state index contributed by atoms with van der Waals surface area (Å²) >= 11 is 0. The van der Waals surface area contributed by atoms with E-state index in [-0.39, 0.29) is 10.8 Å². The number of hydrogen-bond acceptors (Lipinski definition) is 2. The lowest BCUT2D eigenvalue weighted by atomic mass is 9.78. The Morgan fingerprint density at radius 2 is 0.622 bits per heavy atom. The van der Waals surface area contributed by atoms with Crippen molar-refractivity contribution >= 4 is 129 Å². The second-order valence-corrected chi connectivity index (χ2v) is 25.6. The first-order chi connectivity index (χ1) is 39.9. The highest BCUT2D eigenvalue weighted by Crippen LogP contribution is 2.61. The minimum atomic E-state index is -0.0739. The van der Waals surface area contributed by atoms with Crippen LogP contribution in [-0.4, -0.2) is 14.2 Å². The Hall–Kier alpha value is -9.50. The van der Waals surface area contributed by atoms with Crippen molar-refractivity contribution in [1.82, 2.24) is 0 Å². The first-order valence-corrected chi connectivity index (χ1v) is 29.1. The van der Waals surface area contributed by atoms with E-state index in [1.807, 2.05) is 0 Å². The maximum Gasteiger partial charge on any atom is 0.126 e. The van der Waals surface area contributed by atoms with Gasteiger partial charge < -0.3 is 9.47 Å². The predicted molar refractivity (Wildman–Crippen MR) is 353 cm³/mol. The summed E-state index contributed by atoms with van der Waals surface area (Å²) in [5.41, 5.74) is 14.6. The van der Waals surface area contributed by atoms with E-state index in [1.165, 1.54) is 174 Å². The zero-order valence-electron chi connectivity index (χ0n) is 47.3. The molecule has 388 valence electrons. The second kappa shape index (κ2) is 15.7. The number of ether oxygens (including phenoxy) is 2. The molecule has 0 spiro atoms. The molecule has 17 aromatic carbocycles. The van der Waals surface area contributed by atoms with Gasteiger partial charge in [-0.15, -0.1) is 0 Å². The summed E-state index contributed by atoms with van der Waals surface area (Å²) < 4.78 is 12.2. The van der Waals surface area contributed by atoms with Crippen molar-refractivity contribution in [2.75, 3.05) is 14.2 Å². The number of methoxy groups -OCH3 is 2. The summed E-state index contributed by atoms with van der Waals surface area (Å²) in [6, 6.07) is 74.5. The van der Waals surface area contributed by atoms with E-state index in [1.54, 1.807) is 14.2 Å². The average Bonchev–Trinajstić information content (AvgIpc) is 2.95. The lowest BCUT2D eigenvalue weighted by Gasteiger charge is -2.27. The quantitative estimate of drug-likeness (QED) is 0.126. The van der Waals surface area contributed by atoms with Crippen molar-refractivity contribution in [2.45, 2.75) is 52.4 Å². The van der Waals surface area contributed by atoms with Crippen LogP contribution in [0.15, 0.2) is 194 Å². The van der Waals surface area contributed by atoms with Crippen LogP contribution in [0.25, 0.3) is 185 Å². The fourth-order valence-corrected chi connectivity index (χ4v) is 15.9. The molecule has 0 heterocycles. The minimum absolute atomic E-state index is 0.0739. The van der Waals surface area contributed by atoms with Gasteiger partial charge in [-0.2, -0.15) is 0 Å². The molecule has 0 bridgehead atoms. The van der Waals surface area contributed by atoms with Crippen LogP contribution in [0.3, 0.4) is 0 Å². The third-order valence-electron chi connectivity index (χ3n) is 19.5. The highest BCUT2D eigenvalue weighted by atomic mass is 16.5. The summed E-state index contributed by atoms with van der Waals surface area (Å²) in [6.07, 6.45) is 0. The third kappa shape index (κ3) is 5.70. The van der Waals surface area contributed by atoms with Crippen molar-refractivity contribution in [2.24, 2.45) is 0 Å². The van der Waals surface area contributed by atoms with Gasteiger partial charge in [0, 0.05) is 11.1 Å². The summed E-state index contributed by atoms with van der Waals surface area (Å²) in [7, 11) is 3.55. The molecule has 2 nitrogen and oxygen atoms in total. The van der Waals surface area contributed by atoms with Gasteiger partial charge in [-0.1, -0.05) is 217 Å². The van der Waals surface area contributed by atoms with Crippen LogP contribution in [0.4, 0.5) is 0 Å². The van der Waals surface area contributed by atoms with Crippen molar-refractivity contribution in [3.63, 3.8) is 0 Å². The lowest BCUT2D eigenvalue weighted by molar-refractivity contribution is 0.416. The predicted octanol–water partition coefficient (Wildman–Crippen LogP) is 22.5. The molecule has 18 rings (SSSR count). The second-order valence-electron chi connectivity index (χ2n) is 25.6. The van der Waals surface area contributed by atoms with Gasteiger partial charge in [0.25, 0.3) is 0 Å². The van der Waals surface area contributed by atoms with Gasteiger partial charge in [-0.3, -0.25) is 0 Å². The average molecular weight is 1050 g/mol. The zero-order valence-corrected chi connectivity index (χ0v) is 47.3. The zero-order chi connectivity index (χ0) is 55.0. The van der Waals surface area contributed by atoms with E-state index in [0.29, 0.717) is 0 Å². The van der Waals surface area contributed by atoms with Gasteiger partial charge >= 0.3 is 0 Å². The summed E-state index contributed by atoms with van der Waals surface area (Å²) in [6.45, 7) is 14.2. The Morgan fingerprint density at radius 1 is 0.244 bits per heavy atom. The van der Waals surface area contributed by atoms with Gasteiger partial charge in [0.15, 0.2) is 0 Å². The van der Waals surface area contributed by atoms with Crippen LogP contribution >= 0.6 is 0 Å². The molecule has 82 heavy (non-hydrogen) atoms. The Labute approximate surface area is 475 Å². The normalized spacial score (nSPS) is 13.1. The summed E-state index contributed by atoms with van der Waals surface area (Å²) in [4.78, 5) is 0. The molecule has 0 unspecified atom stereocenters. The highest BCUT2D eigenvalue weighted by molar-refractivity contribution is 6.54. The third-order valence-corrected chi connectivity index (χ3v) is 19.5. The Morgan fingerprint density at radius 3 is 1.18 bits per heavy atom. The molecule has 0 saturated carbocycles. The van der Waals surface area contributed by atoms with Crippen LogP contribution in [-0.2, 0) is 10.8 Å². The SMILES string of the molecule is COc1ccccc1-c1ccc(-c2ccccc2OC)c2c1-c1ccc3c4ccc5c6c(-c7cc(C(C)(C)C)cc(C(C)(C)C)c7)c7cc8c9cccc%10cccc(c%109)c8c8c9ccccc9c(c6c6ccc(c9ccc-2c1c39)c4c56)c78. The van der Waals surface area contributed by atoms with Crippen molar-refractivity contribution in [3.05, 3.63) is 205 Å². The largest absolute Gasteiger partial charge is 0.496 e. The Bertz CT molecular complexity index is 5500. The van der Waals surface area contributed by atoms with Crippen LogP contribution < -0.4 is 9.47 Å². The van der Waals surface area contributed by atoms with Crippen LogP contribution in [0.2, 0.25) is 0 Å². The monoisotopic (exact) mass is 1050 g/mol. The van der Waals surface area contributed by atoms with Crippen molar-refractivity contribution < 1.29 is 9.47 Å². The maximum atomic E-state index is 6.09. The molecule has 0 saturated heterocycles. The molecule has 0 aromatic heterocycles. The number of hydrogen-bond donors (Lipinski definition) is 0. The van der Waals surface area contributed by atoms with E-state index in [9.17, 15) is 0 Å². The molecule has 1 aliphatic carbocycles. The van der Waals surface area contributed by atoms with E-state index < -0.39 is 0 Å².